The highest BCUT2D eigenvalue weighted by atomic mass is 127. The molecule has 0 saturated heterocycles. The first-order chi connectivity index (χ1) is 7.80. The van der Waals surface area contributed by atoms with Crippen molar-refractivity contribution < 1.29 is 0 Å². The Balaban J connectivity index is 0.00000144. The second-order valence-corrected chi connectivity index (χ2v) is 5.97. The van der Waals surface area contributed by atoms with Crippen molar-refractivity contribution in [1.82, 2.24) is 10.6 Å². The molecule has 0 amide bonds. The number of thioether (sulfide) groups is 1. The Morgan fingerprint density at radius 3 is 2.53 bits per heavy atom. The van der Waals surface area contributed by atoms with Crippen molar-refractivity contribution in [3.63, 3.8) is 0 Å². The fourth-order valence-electron chi connectivity index (χ4n) is 2.34. The van der Waals surface area contributed by atoms with Gasteiger partial charge in [0, 0.05) is 25.9 Å². The van der Waals surface area contributed by atoms with Crippen LogP contribution in [0.15, 0.2) is 4.99 Å². The third kappa shape index (κ3) is 4.50. The molecule has 0 unspecified atom stereocenters. The van der Waals surface area contributed by atoms with E-state index in [1.54, 1.807) is 0 Å². The summed E-state index contributed by atoms with van der Waals surface area (Å²) in [5.41, 5.74) is 0.650. The van der Waals surface area contributed by atoms with Gasteiger partial charge >= 0.3 is 0 Å². The molecule has 2 fully saturated rings. The predicted octanol–water partition coefficient (Wildman–Crippen LogP) is 2.32. The van der Waals surface area contributed by atoms with Crippen LogP contribution in [0.5, 0.6) is 0 Å². The summed E-state index contributed by atoms with van der Waals surface area (Å²) in [6.45, 7) is 2.12. The van der Waals surface area contributed by atoms with Gasteiger partial charge in [0.1, 0.15) is 0 Å². The van der Waals surface area contributed by atoms with Crippen molar-refractivity contribution in [2.75, 3.05) is 32.1 Å². The third-order valence-electron chi connectivity index (χ3n) is 3.77. The molecule has 2 N–H and O–H groups in total. The molecule has 0 bridgehead atoms. The van der Waals surface area contributed by atoms with Crippen molar-refractivity contribution in [2.45, 2.75) is 25.7 Å². The minimum Gasteiger partial charge on any atom is -0.356 e. The van der Waals surface area contributed by atoms with Gasteiger partial charge in [0.05, 0.1) is 0 Å². The van der Waals surface area contributed by atoms with Gasteiger partial charge in [0.25, 0.3) is 0 Å². The lowest BCUT2D eigenvalue weighted by Gasteiger charge is -2.17. The van der Waals surface area contributed by atoms with Crippen molar-refractivity contribution in [1.29, 1.82) is 0 Å². The summed E-state index contributed by atoms with van der Waals surface area (Å²) in [4.78, 5) is 4.26. The number of rotatable bonds is 6. The highest BCUT2D eigenvalue weighted by Crippen LogP contribution is 2.60. The summed E-state index contributed by atoms with van der Waals surface area (Å²) >= 11 is 1.86. The molecule has 2 saturated carbocycles. The molecule has 0 aromatic carbocycles. The minimum atomic E-state index is 0. The normalized spacial score (nSPS) is 21.6. The molecule has 0 spiro atoms. The van der Waals surface area contributed by atoms with Crippen LogP contribution in [0.2, 0.25) is 0 Å². The molecule has 0 aromatic rings. The van der Waals surface area contributed by atoms with Crippen LogP contribution < -0.4 is 10.6 Å². The zero-order valence-electron chi connectivity index (χ0n) is 10.8. The molecule has 0 atom stereocenters. The van der Waals surface area contributed by atoms with Crippen molar-refractivity contribution in [3.8, 4) is 0 Å². The van der Waals surface area contributed by atoms with Crippen molar-refractivity contribution in [3.05, 3.63) is 0 Å². The Bertz CT molecular complexity index is 262. The Kier molecular flexibility index (Phi) is 6.40. The van der Waals surface area contributed by atoms with E-state index < -0.39 is 0 Å². The van der Waals surface area contributed by atoms with E-state index in [-0.39, 0.29) is 24.0 Å². The van der Waals surface area contributed by atoms with E-state index in [1.807, 2.05) is 18.8 Å². The third-order valence-corrected chi connectivity index (χ3v) is 4.38. The maximum atomic E-state index is 4.26. The predicted molar refractivity (Wildman–Crippen MR) is 87.6 cm³/mol. The summed E-state index contributed by atoms with van der Waals surface area (Å²) in [5, 5.41) is 6.83. The highest BCUT2D eigenvalue weighted by molar-refractivity contribution is 14.0. The maximum absolute atomic E-state index is 4.26. The zero-order valence-corrected chi connectivity index (χ0v) is 13.9. The van der Waals surface area contributed by atoms with Crippen LogP contribution in [0.25, 0.3) is 0 Å². The lowest BCUT2D eigenvalue weighted by molar-refractivity contribution is 0.431. The highest BCUT2D eigenvalue weighted by Gasteiger charge is 2.53. The standard InChI is InChI=1S/C12H23N3S.HI/c1-13-11(14-7-8-16-2)15-9-12(5-6-12)10-3-4-10;/h10H,3-9H2,1-2H3,(H2,13,14,15);1H. The van der Waals surface area contributed by atoms with Crippen LogP contribution in [0.4, 0.5) is 0 Å². The van der Waals surface area contributed by atoms with Crippen molar-refractivity contribution in [2.24, 2.45) is 16.3 Å². The average Bonchev–Trinajstić information content (AvgIpc) is 3.16. The van der Waals surface area contributed by atoms with Gasteiger partial charge in [-0.25, -0.2) is 0 Å². The van der Waals surface area contributed by atoms with Crippen LogP contribution >= 0.6 is 35.7 Å². The van der Waals surface area contributed by atoms with Gasteiger partial charge < -0.3 is 10.6 Å². The number of aliphatic imine (C=N–C) groups is 1. The first-order valence-electron chi connectivity index (χ1n) is 6.24. The lowest BCUT2D eigenvalue weighted by atomic mass is 10.0. The minimum absolute atomic E-state index is 0. The Morgan fingerprint density at radius 1 is 1.35 bits per heavy atom. The van der Waals surface area contributed by atoms with Crippen LogP contribution in [0.3, 0.4) is 0 Å². The van der Waals surface area contributed by atoms with E-state index in [0.29, 0.717) is 5.41 Å². The smallest absolute Gasteiger partial charge is 0.191 e. The molecule has 0 aromatic heterocycles. The van der Waals surface area contributed by atoms with E-state index >= 15 is 0 Å². The monoisotopic (exact) mass is 369 g/mol. The van der Waals surface area contributed by atoms with Gasteiger partial charge in [-0.3, -0.25) is 4.99 Å². The quantitative estimate of drug-likeness (QED) is 0.327. The van der Waals surface area contributed by atoms with Crippen LogP contribution in [0.1, 0.15) is 25.7 Å². The molecule has 3 nitrogen and oxygen atoms in total. The van der Waals surface area contributed by atoms with Crippen LogP contribution in [-0.2, 0) is 0 Å². The summed E-state index contributed by atoms with van der Waals surface area (Å²) in [6.07, 6.45) is 7.89. The Morgan fingerprint density at radius 2 is 2.06 bits per heavy atom. The molecule has 0 aliphatic heterocycles. The first kappa shape index (κ1) is 15.4. The largest absolute Gasteiger partial charge is 0.356 e. The molecule has 2 rings (SSSR count). The fourth-order valence-corrected chi connectivity index (χ4v) is 2.64. The van der Waals surface area contributed by atoms with Gasteiger partial charge in [-0.2, -0.15) is 11.8 Å². The second kappa shape index (κ2) is 7.07. The number of hydrogen-bond acceptors (Lipinski definition) is 2. The SMILES string of the molecule is CN=C(NCCSC)NCC1(C2CC2)CC1.I. The molecular formula is C12H24IN3S. The zero-order chi connectivity index (χ0) is 11.4. The maximum Gasteiger partial charge on any atom is 0.191 e. The average molecular weight is 369 g/mol. The fraction of sp³-hybridized carbons (Fsp3) is 0.917. The van der Waals surface area contributed by atoms with Crippen LogP contribution in [-0.4, -0.2) is 38.1 Å². The van der Waals surface area contributed by atoms with Gasteiger partial charge in [-0.15, -0.1) is 24.0 Å². The molecule has 17 heavy (non-hydrogen) atoms. The number of hydrogen-bond donors (Lipinski definition) is 2. The first-order valence-corrected chi connectivity index (χ1v) is 7.63. The number of halogens is 1. The van der Waals surface area contributed by atoms with E-state index in [4.69, 9.17) is 0 Å². The summed E-state index contributed by atoms with van der Waals surface area (Å²) in [7, 11) is 1.85. The molecule has 0 heterocycles. The second-order valence-electron chi connectivity index (χ2n) is 4.98. The van der Waals surface area contributed by atoms with E-state index in [2.05, 4.69) is 21.9 Å². The van der Waals surface area contributed by atoms with E-state index in [0.717, 1.165) is 30.7 Å². The number of nitrogens with zero attached hydrogens (tertiary/aromatic N) is 1. The lowest BCUT2D eigenvalue weighted by Crippen LogP contribution is -2.41. The van der Waals surface area contributed by atoms with E-state index in [1.165, 1.54) is 25.7 Å². The van der Waals surface area contributed by atoms with Crippen molar-refractivity contribution >= 4 is 41.7 Å². The number of nitrogens with one attached hydrogen (secondary N) is 2. The summed E-state index contributed by atoms with van der Waals surface area (Å²) in [5.74, 6) is 3.12. The summed E-state index contributed by atoms with van der Waals surface area (Å²) < 4.78 is 0. The van der Waals surface area contributed by atoms with Gasteiger partial charge in [-0.05, 0) is 43.3 Å². The number of guanidine groups is 1. The molecular weight excluding hydrogens is 345 g/mol. The molecule has 5 heteroatoms. The summed E-state index contributed by atoms with van der Waals surface area (Å²) in [6, 6.07) is 0. The van der Waals surface area contributed by atoms with E-state index in [9.17, 15) is 0 Å². The molecule has 0 radical (unpaired) electrons. The molecule has 2 aliphatic rings. The Hall–Kier alpha value is 0.350. The van der Waals surface area contributed by atoms with Gasteiger partial charge in [-0.1, -0.05) is 0 Å². The topological polar surface area (TPSA) is 36.4 Å². The Labute approximate surface area is 126 Å². The molecule has 100 valence electrons. The van der Waals surface area contributed by atoms with Gasteiger partial charge in [0.15, 0.2) is 5.96 Å². The molecule has 2 aliphatic carbocycles. The van der Waals surface area contributed by atoms with Crippen LogP contribution in [0, 0.1) is 11.3 Å². The van der Waals surface area contributed by atoms with Gasteiger partial charge in [0.2, 0.25) is 0 Å².